The fourth-order valence-corrected chi connectivity index (χ4v) is 1.55. The number of nitrogens with zero attached hydrogens (tertiary/aromatic N) is 1. The summed E-state index contributed by atoms with van der Waals surface area (Å²) in [6.45, 7) is -0.101. The molecule has 1 N–H and O–H groups in total. The lowest BCUT2D eigenvalue weighted by atomic mass is 10.1. The SMILES string of the molecule is OCc1ccc(-c2cc(C(F)(F)F)ccn2)cc1. The summed E-state index contributed by atoms with van der Waals surface area (Å²) >= 11 is 0. The maximum atomic E-state index is 12.5. The van der Waals surface area contributed by atoms with Gasteiger partial charge in [-0.2, -0.15) is 13.2 Å². The van der Waals surface area contributed by atoms with Crippen LogP contribution < -0.4 is 0 Å². The van der Waals surface area contributed by atoms with Crippen molar-refractivity contribution >= 4 is 0 Å². The van der Waals surface area contributed by atoms with Crippen LogP contribution in [0.2, 0.25) is 0 Å². The summed E-state index contributed by atoms with van der Waals surface area (Å²) in [7, 11) is 0. The smallest absolute Gasteiger partial charge is 0.392 e. The molecule has 0 saturated heterocycles. The second-order valence-corrected chi connectivity index (χ2v) is 3.78. The van der Waals surface area contributed by atoms with Gasteiger partial charge in [-0.25, -0.2) is 0 Å². The van der Waals surface area contributed by atoms with Crippen molar-refractivity contribution in [2.75, 3.05) is 0 Å². The van der Waals surface area contributed by atoms with Gasteiger partial charge in [0, 0.05) is 11.8 Å². The third-order valence-electron chi connectivity index (χ3n) is 2.52. The summed E-state index contributed by atoms with van der Waals surface area (Å²) in [5.41, 5.74) is 0.817. The molecule has 2 aromatic rings. The van der Waals surface area contributed by atoms with Crippen molar-refractivity contribution in [3.05, 3.63) is 53.7 Å². The molecular weight excluding hydrogens is 243 g/mol. The molecule has 0 aliphatic carbocycles. The molecule has 18 heavy (non-hydrogen) atoms. The fourth-order valence-electron chi connectivity index (χ4n) is 1.55. The zero-order valence-electron chi connectivity index (χ0n) is 9.28. The third-order valence-corrected chi connectivity index (χ3v) is 2.52. The number of aliphatic hydroxyl groups is 1. The van der Waals surface area contributed by atoms with E-state index in [1.807, 2.05) is 0 Å². The van der Waals surface area contributed by atoms with Gasteiger partial charge in [-0.3, -0.25) is 4.98 Å². The molecule has 0 saturated carbocycles. The minimum atomic E-state index is -4.37. The van der Waals surface area contributed by atoms with Crippen LogP contribution in [0.25, 0.3) is 11.3 Å². The van der Waals surface area contributed by atoms with Gasteiger partial charge in [-0.15, -0.1) is 0 Å². The number of halogens is 3. The number of pyridine rings is 1. The first-order valence-corrected chi connectivity index (χ1v) is 5.24. The van der Waals surface area contributed by atoms with Crippen LogP contribution in [0.5, 0.6) is 0 Å². The molecule has 5 heteroatoms. The number of hydrogen-bond donors (Lipinski definition) is 1. The van der Waals surface area contributed by atoms with E-state index in [0.717, 1.165) is 18.3 Å². The van der Waals surface area contributed by atoms with Crippen LogP contribution in [0.1, 0.15) is 11.1 Å². The Balaban J connectivity index is 2.38. The van der Waals surface area contributed by atoms with Gasteiger partial charge < -0.3 is 5.11 Å². The van der Waals surface area contributed by atoms with Gasteiger partial charge >= 0.3 is 6.18 Å². The Bertz CT molecular complexity index is 535. The van der Waals surface area contributed by atoms with Crippen molar-refractivity contribution in [3.8, 4) is 11.3 Å². The van der Waals surface area contributed by atoms with Gasteiger partial charge in [-0.1, -0.05) is 24.3 Å². The Morgan fingerprint density at radius 1 is 1.06 bits per heavy atom. The van der Waals surface area contributed by atoms with E-state index in [1.165, 1.54) is 0 Å². The fraction of sp³-hybridized carbons (Fsp3) is 0.154. The average Bonchev–Trinajstić information content (AvgIpc) is 2.38. The molecule has 2 nitrogen and oxygen atoms in total. The van der Waals surface area contributed by atoms with Gasteiger partial charge in [0.2, 0.25) is 0 Å². The normalized spacial score (nSPS) is 11.6. The molecule has 0 unspecified atom stereocenters. The van der Waals surface area contributed by atoms with E-state index >= 15 is 0 Å². The molecule has 0 amide bonds. The molecule has 0 atom stereocenters. The summed E-state index contributed by atoms with van der Waals surface area (Å²) in [6, 6.07) is 8.51. The quantitative estimate of drug-likeness (QED) is 0.891. The maximum absolute atomic E-state index is 12.5. The Morgan fingerprint density at radius 2 is 1.72 bits per heavy atom. The molecule has 1 aromatic carbocycles. The topological polar surface area (TPSA) is 33.1 Å². The summed E-state index contributed by atoms with van der Waals surface area (Å²) < 4.78 is 37.6. The third kappa shape index (κ3) is 2.68. The van der Waals surface area contributed by atoms with Crippen molar-refractivity contribution in [2.24, 2.45) is 0 Å². The highest BCUT2D eigenvalue weighted by Crippen LogP contribution is 2.31. The van der Waals surface area contributed by atoms with Gasteiger partial charge in [0.25, 0.3) is 0 Å². The molecule has 0 spiro atoms. The standard InChI is InChI=1S/C13H10F3NO/c14-13(15,16)11-5-6-17-12(7-11)10-3-1-9(8-18)2-4-10/h1-7,18H,8H2. The van der Waals surface area contributed by atoms with Crippen molar-refractivity contribution < 1.29 is 18.3 Å². The lowest BCUT2D eigenvalue weighted by Gasteiger charge is -2.08. The van der Waals surface area contributed by atoms with E-state index in [9.17, 15) is 13.2 Å². The number of alkyl halides is 3. The molecule has 1 heterocycles. The zero-order valence-corrected chi connectivity index (χ0v) is 9.28. The summed E-state index contributed by atoms with van der Waals surface area (Å²) in [5, 5.41) is 8.89. The minimum Gasteiger partial charge on any atom is -0.392 e. The average molecular weight is 253 g/mol. The van der Waals surface area contributed by atoms with E-state index < -0.39 is 11.7 Å². The number of hydrogen-bond acceptors (Lipinski definition) is 2. The van der Waals surface area contributed by atoms with Crippen molar-refractivity contribution in [1.29, 1.82) is 0 Å². The van der Waals surface area contributed by atoms with Gasteiger partial charge in [0.05, 0.1) is 17.9 Å². The lowest BCUT2D eigenvalue weighted by molar-refractivity contribution is -0.137. The van der Waals surface area contributed by atoms with Crippen LogP contribution in [-0.2, 0) is 12.8 Å². The maximum Gasteiger partial charge on any atom is 0.416 e. The summed E-state index contributed by atoms with van der Waals surface area (Å²) in [4.78, 5) is 3.92. The molecule has 0 radical (unpaired) electrons. The molecule has 2 rings (SSSR count). The van der Waals surface area contributed by atoms with Crippen LogP contribution >= 0.6 is 0 Å². The summed E-state index contributed by atoms with van der Waals surface area (Å²) in [5.74, 6) is 0. The second-order valence-electron chi connectivity index (χ2n) is 3.78. The Labute approximate surface area is 102 Å². The largest absolute Gasteiger partial charge is 0.416 e. The Morgan fingerprint density at radius 3 is 2.28 bits per heavy atom. The number of aromatic nitrogens is 1. The van der Waals surface area contributed by atoms with Crippen LogP contribution in [0.4, 0.5) is 13.2 Å². The highest BCUT2D eigenvalue weighted by molar-refractivity contribution is 5.60. The molecule has 94 valence electrons. The number of aliphatic hydroxyl groups excluding tert-OH is 1. The van der Waals surface area contributed by atoms with E-state index in [2.05, 4.69) is 4.98 Å². The highest BCUT2D eigenvalue weighted by atomic mass is 19.4. The van der Waals surface area contributed by atoms with Crippen LogP contribution in [-0.4, -0.2) is 10.1 Å². The van der Waals surface area contributed by atoms with Crippen molar-refractivity contribution in [2.45, 2.75) is 12.8 Å². The lowest BCUT2D eigenvalue weighted by Crippen LogP contribution is -2.05. The molecular formula is C13H10F3NO. The van der Waals surface area contributed by atoms with Crippen LogP contribution in [0, 0.1) is 0 Å². The van der Waals surface area contributed by atoms with Crippen molar-refractivity contribution in [3.63, 3.8) is 0 Å². The van der Waals surface area contributed by atoms with Crippen LogP contribution in [0.3, 0.4) is 0 Å². The summed E-state index contributed by atoms with van der Waals surface area (Å²) in [6.07, 6.45) is -3.24. The van der Waals surface area contributed by atoms with Gasteiger partial charge in [0.1, 0.15) is 0 Å². The first kappa shape index (κ1) is 12.6. The van der Waals surface area contributed by atoms with E-state index in [-0.39, 0.29) is 12.3 Å². The zero-order chi connectivity index (χ0) is 13.2. The minimum absolute atomic E-state index is 0.101. The molecule has 0 bridgehead atoms. The highest BCUT2D eigenvalue weighted by Gasteiger charge is 2.30. The Kier molecular flexibility index (Phi) is 3.34. The number of benzene rings is 1. The van der Waals surface area contributed by atoms with E-state index in [1.54, 1.807) is 24.3 Å². The van der Waals surface area contributed by atoms with Gasteiger partial charge in [-0.05, 0) is 17.7 Å². The molecule has 1 aromatic heterocycles. The molecule has 0 aliphatic heterocycles. The monoisotopic (exact) mass is 253 g/mol. The molecule has 0 fully saturated rings. The van der Waals surface area contributed by atoms with Crippen LogP contribution in [0.15, 0.2) is 42.6 Å². The van der Waals surface area contributed by atoms with E-state index in [0.29, 0.717) is 11.1 Å². The predicted octanol–water partition coefficient (Wildman–Crippen LogP) is 3.26. The van der Waals surface area contributed by atoms with E-state index in [4.69, 9.17) is 5.11 Å². The van der Waals surface area contributed by atoms with Crippen molar-refractivity contribution in [1.82, 2.24) is 4.98 Å². The predicted molar refractivity (Wildman–Crippen MR) is 60.6 cm³/mol. The van der Waals surface area contributed by atoms with Gasteiger partial charge in [0.15, 0.2) is 0 Å². The number of rotatable bonds is 2. The first-order valence-electron chi connectivity index (χ1n) is 5.24. The Hall–Kier alpha value is -1.88. The second kappa shape index (κ2) is 4.78. The first-order chi connectivity index (χ1) is 8.50. The molecule has 0 aliphatic rings.